The minimum Gasteiger partial charge on any atom is -0.493 e. The summed E-state index contributed by atoms with van der Waals surface area (Å²) in [7, 11) is 1.24. The van der Waals surface area contributed by atoms with Crippen LogP contribution in [0.1, 0.15) is 16.7 Å². The summed E-state index contributed by atoms with van der Waals surface area (Å²) in [4.78, 5) is 49.9. The van der Waals surface area contributed by atoms with Gasteiger partial charge in [0.15, 0.2) is 11.5 Å². The minimum absolute atomic E-state index is 0.0220. The van der Waals surface area contributed by atoms with Crippen molar-refractivity contribution in [1.29, 1.82) is 0 Å². The zero-order chi connectivity index (χ0) is 33.0. The van der Waals surface area contributed by atoms with Crippen molar-refractivity contribution in [3.8, 4) is 23.0 Å². The summed E-state index contributed by atoms with van der Waals surface area (Å²) in [6.07, 6.45) is -3.61. The van der Waals surface area contributed by atoms with Crippen LogP contribution in [0.3, 0.4) is 0 Å². The topological polar surface area (TPSA) is 137 Å². The van der Waals surface area contributed by atoms with Gasteiger partial charge in [-0.3, -0.25) is 25.0 Å². The Morgan fingerprint density at radius 1 is 0.891 bits per heavy atom. The molecule has 0 aromatic heterocycles. The molecule has 4 aromatic rings. The van der Waals surface area contributed by atoms with Gasteiger partial charge in [-0.2, -0.15) is 13.2 Å². The Morgan fingerprint density at radius 3 is 2.24 bits per heavy atom. The first-order valence-electron chi connectivity index (χ1n) is 13.3. The average molecular weight is 634 g/mol. The first-order valence-corrected chi connectivity index (χ1v) is 13.3. The van der Waals surface area contributed by atoms with Crippen molar-refractivity contribution < 1.29 is 46.7 Å². The third-order valence-corrected chi connectivity index (χ3v) is 6.65. The number of urea groups is 1. The van der Waals surface area contributed by atoms with Gasteiger partial charge in [-0.25, -0.2) is 9.69 Å². The van der Waals surface area contributed by atoms with Crippen LogP contribution in [-0.2, 0) is 22.4 Å². The van der Waals surface area contributed by atoms with E-state index in [4.69, 9.17) is 14.2 Å². The van der Waals surface area contributed by atoms with E-state index in [0.29, 0.717) is 24.5 Å². The van der Waals surface area contributed by atoms with Gasteiger partial charge >= 0.3 is 17.9 Å². The smallest absolute Gasteiger partial charge is 0.416 e. The zero-order valence-corrected chi connectivity index (χ0v) is 23.7. The molecule has 5 rings (SSSR count). The molecule has 46 heavy (non-hydrogen) atoms. The van der Waals surface area contributed by atoms with Crippen molar-refractivity contribution in [2.75, 3.05) is 12.0 Å². The summed E-state index contributed by atoms with van der Waals surface area (Å²) in [5.41, 5.74) is -1.18. The van der Waals surface area contributed by atoms with E-state index in [1.165, 1.54) is 43.5 Å². The Bertz CT molecular complexity index is 1860. The second kappa shape index (κ2) is 12.8. The van der Waals surface area contributed by atoms with E-state index in [1.54, 1.807) is 12.1 Å². The maximum absolute atomic E-state index is 13.4. The van der Waals surface area contributed by atoms with Crippen molar-refractivity contribution in [2.45, 2.75) is 12.8 Å². The number of methoxy groups -OCH3 is 1. The number of carbonyl (C=O) groups excluding carboxylic acids is 3. The molecule has 4 aromatic carbocycles. The predicted octanol–water partition coefficient (Wildman–Crippen LogP) is 6.66. The van der Waals surface area contributed by atoms with Crippen LogP contribution < -0.4 is 24.4 Å². The van der Waals surface area contributed by atoms with Gasteiger partial charge in [-0.15, -0.1) is 0 Å². The molecular weight excluding hydrogens is 611 g/mol. The van der Waals surface area contributed by atoms with Crippen molar-refractivity contribution in [3.05, 3.63) is 123 Å². The summed E-state index contributed by atoms with van der Waals surface area (Å²) in [5.74, 6) is -1.97. The molecule has 234 valence electrons. The number of nitrogens with one attached hydrogen (secondary N) is 1. The van der Waals surface area contributed by atoms with Crippen LogP contribution in [0.4, 0.5) is 29.3 Å². The highest BCUT2D eigenvalue weighted by Crippen LogP contribution is 2.40. The molecule has 0 unspecified atom stereocenters. The summed E-state index contributed by atoms with van der Waals surface area (Å²) in [6, 6.07) is 20.4. The predicted molar refractivity (Wildman–Crippen MR) is 157 cm³/mol. The van der Waals surface area contributed by atoms with Gasteiger partial charge in [0.1, 0.15) is 17.9 Å². The molecule has 1 saturated heterocycles. The highest BCUT2D eigenvalue weighted by molar-refractivity contribution is 6.39. The summed E-state index contributed by atoms with van der Waals surface area (Å²) in [6.45, 7) is 0.305. The number of hydrogen-bond acceptors (Lipinski definition) is 8. The van der Waals surface area contributed by atoms with Crippen molar-refractivity contribution >= 4 is 35.3 Å². The lowest BCUT2D eigenvalue weighted by molar-refractivity contribution is -0.385. The Balaban J connectivity index is 1.37. The van der Waals surface area contributed by atoms with Crippen LogP contribution in [0.15, 0.2) is 96.6 Å². The van der Waals surface area contributed by atoms with Gasteiger partial charge in [0, 0.05) is 6.07 Å². The summed E-state index contributed by atoms with van der Waals surface area (Å²) >= 11 is 0. The number of rotatable bonds is 9. The van der Waals surface area contributed by atoms with Gasteiger partial charge < -0.3 is 14.2 Å². The number of nitro groups is 1. The highest BCUT2D eigenvalue weighted by Gasteiger charge is 2.37. The van der Waals surface area contributed by atoms with Crippen LogP contribution in [-0.4, -0.2) is 29.9 Å². The molecule has 1 heterocycles. The van der Waals surface area contributed by atoms with E-state index < -0.39 is 51.5 Å². The molecule has 14 heteroatoms. The quantitative estimate of drug-likeness (QED) is 0.0935. The molecule has 0 saturated carbocycles. The van der Waals surface area contributed by atoms with E-state index in [0.717, 1.165) is 16.5 Å². The first kappa shape index (κ1) is 31.3. The second-order valence-corrected chi connectivity index (χ2v) is 9.68. The molecule has 11 nitrogen and oxygen atoms in total. The Kier molecular flexibility index (Phi) is 8.71. The number of amides is 4. The molecule has 0 radical (unpaired) electrons. The number of barbiturate groups is 1. The fourth-order valence-electron chi connectivity index (χ4n) is 4.39. The highest BCUT2D eigenvalue weighted by atomic mass is 19.4. The second-order valence-electron chi connectivity index (χ2n) is 9.68. The van der Waals surface area contributed by atoms with Gasteiger partial charge in [-0.05, 0) is 65.7 Å². The van der Waals surface area contributed by atoms with Gasteiger partial charge in [0.25, 0.3) is 11.8 Å². The third kappa shape index (κ3) is 6.80. The number of alkyl halides is 3. The lowest BCUT2D eigenvalue weighted by atomic mass is 10.1. The molecule has 0 aliphatic carbocycles. The van der Waals surface area contributed by atoms with Crippen LogP contribution >= 0.6 is 0 Å². The lowest BCUT2D eigenvalue weighted by Gasteiger charge is -2.26. The van der Waals surface area contributed by atoms with Crippen LogP contribution in [0.2, 0.25) is 0 Å². The van der Waals surface area contributed by atoms with Crippen molar-refractivity contribution in [1.82, 2.24) is 5.32 Å². The molecule has 1 fully saturated rings. The summed E-state index contributed by atoms with van der Waals surface area (Å²) in [5, 5.41) is 13.6. The van der Waals surface area contributed by atoms with Gasteiger partial charge in [-0.1, -0.05) is 36.4 Å². The number of carbonyl (C=O) groups is 3. The maximum atomic E-state index is 13.4. The average Bonchev–Trinajstić information content (AvgIpc) is 3.03. The monoisotopic (exact) mass is 633 g/mol. The maximum Gasteiger partial charge on any atom is 0.416 e. The van der Waals surface area contributed by atoms with Crippen molar-refractivity contribution in [3.63, 3.8) is 0 Å². The number of hydrogen-bond donors (Lipinski definition) is 1. The Morgan fingerprint density at radius 2 is 1.59 bits per heavy atom. The molecule has 1 aliphatic rings. The van der Waals surface area contributed by atoms with Gasteiger partial charge in [0.2, 0.25) is 5.75 Å². The van der Waals surface area contributed by atoms with Crippen LogP contribution in [0, 0.1) is 10.1 Å². The van der Waals surface area contributed by atoms with Gasteiger partial charge in [0.05, 0.1) is 23.3 Å². The van der Waals surface area contributed by atoms with Crippen molar-refractivity contribution in [2.24, 2.45) is 0 Å². The number of nitrogens with zero attached hydrogens (tertiary/aromatic N) is 2. The van der Waals surface area contributed by atoms with Crippen LogP contribution in [0.5, 0.6) is 23.0 Å². The Labute approximate surface area is 258 Å². The molecular formula is C32H22F3N3O8. The summed E-state index contributed by atoms with van der Waals surface area (Å²) < 4.78 is 55.8. The number of anilines is 1. The van der Waals surface area contributed by atoms with Crippen LogP contribution in [0.25, 0.3) is 6.08 Å². The van der Waals surface area contributed by atoms with E-state index in [1.807, 2.05) is 30.3 Å². The SMILES string of the molecule is COc1cc(/C=C2\C(=O)NC(=O)N(c3ccc(OCc4ccccc4)cc3)C2=O)ccc1Oc1ccc(C(F)(F)F)cc1[N+](=O)[O-]. The fourth-order valence-corrected chi connectivity index (χ4v) is 4.39. The number of imide groups is 2. The molecule has 1 N–H and O–H groups in total. The normalized spacial score (nSPS) is 14.2. The van der Waals surface area contributed by atoms with E-state index >= 15 is 0 Å². The number of ether oxygens (including phenoxy) is 3. The number of benzene rings is 4. The minimum atomic E-state index is -4.81. The molecule has 4 amide bonds. The van der Waals surface area contributed by atoms with E-state index in [9.17, 15) is 37.7 Å². The molecule has 0 bridgehead atoms. The Hall–Kier alpha value is -6.18. The third-order valence-electron chi connectivity index (χ3n) is 6.65. The molecule has 0 atom stereocenters. The first-order chi connectivity index (χ1) is 21.9. The van der Waals surface area contributed by atoms with E-state index in [2.05, 4.69) is 5.32 Å². The largest absolute Gasteiger partial charge is 0.493 e. The number of nitro benzene ring substituents is 1. The standard InChI is InChI=1S/C32H22F3N3O8/c1-44-28-16-20(7-13-27(28)46-26-14-8-21(32(33,34)35)17-25(26)38(42)43)15-24-29(39)36-31(41)37(30(24)40)22-9-11-23(12-10-22)45-18-19-5-3-2-4-6-19/h2-17H,18H2,1H3,(H,36,39,41)/b24-15+. The fraction of sp³-hybridized carbons (Fsp3) is 0.0938. The molecule has 0 spiro atoms. The number of halogens is 3. The molecule has 1 aliphatic heterocycles. The zero-order valence-electron chi connectivity index (χ0n) is 23.7. The lowest BCUT2D eigenvalue weighted by Crippen LogP contribution is -2.54. The van der Waals surface area contributed by atoms with E-state index in [-0.39, 0.29) is 22.7 Å².